The van der Waals surface area contributed by atoms with E-state index in [4.69, 9.17) is 0 Å². The Morgan fingerprint density at radius 3 is 2.43 bits per heavy atom. The first kappa shape index (κ1) is 19.3. The predicted molar refractivity (Wildman–Crippen MR) is 103 cm³/mol. The molecule has 0 fully saturated rings. The summed E-state index contributed by atoms with van der Waals surface area (Å²) in [6.07, 6.45) is 0.574. The van der Waals surface area contributed by atoms with Gasteiger partial charge in [0.15, 0.2) is 0 Å². The number of hydrogen-bond donors (Lipinski definition) is 1. The van der Waals surface area contributed by atoms with Crippen molar-refractivity contribution in [3.8, 4) is 0 Å². The van der Waals surface area contributed by atoms with Crippen molar-refractivity contribution in [3.05, 3.63) is 71.3 Å². The van der Waals surface area contributed by atoms with Gasteiger partial charge in [-0.2, -0.15) is 5.10 Å². The van der Waals surface area contributed by atoms with Crippen molar-refractivity contribution in [1.29, 1.82) is 0 Å². The average Bonchev–Trinajstić information content (AvgIpc) is 2.74. The van der Waals surface area contributed by atoms with Gasteiger partial charge in [-0.3, -0.25) is 9.59 Å². The summed E-state index contributed by atoms with van der Waals surface area (Å²) in [6.45, 7) is 0.636. The molecule has 0 spiro atoms. The van der Waals surface area contributed by atoms with Gasteiger partial charge in [0.1, 0.15) is 5.71 Å². The molecule has 1 N–H and O–H groups in total. The summed E-state index contributed by atoms with van der Waals surface area (Å²) in [5.74, 6) is -0.809. The molecule has 0 atom stereocenters. The van der Waals surface area contributed by atoms with Crippen LogP contribution >= 0.6 is 0 Å². The van der Waals surface area contributed by atoms with Crippen molar-refractivity contribution < 1.29 is 19.1 Å². The Balaban J connectivity index is 1.60. The molecule has 0 saturated carbocycles. The van der Waals surface area contributed by atoms with E-state index in [9.17, 15) is 14.4 Å². The number of esters is 1. The van der Waals surface area contributed by atoms with Gasteiger partial charge in [0.05, 0.1) is 19.2 Å². The third-order valence-corrected chi connectivity index (χ3v) is 4.37. The number of nitrogens with one attached hydrogen (secondary N) is 1. The maximum atomic E-state index is 12.4. The van der Waals surface area contributed by atoms with Crippen molar-refractivity contribution in [3.63, 3.8) is 0 Å². The highest BCUT2D eigenvalue weighted by molar-refractivity contribution is 6.39. The zero-order valence-corrected chi connectivity index (χ0v) is 15.6. The second-order valence-corrected chi connectivity index (χ2v) is 6.35. The van der Waals surface area contributed by atoms with Crippen LogP contribution in [0, 0.1) is 0 Å². The first-order valence-electron chi connectivity index (χ1n) is 8.94. The Kier molecular flexibility index (Phi) is 6.16. The SMILES string of the molecule is COC(=O)c1ccc(CNC(=O)C2=NN(Cc3ccccc3)C(=O)CC2)cc1. The number of nitrogens with zero attached hydrogens (tertiary/aromatic N) is 2. The maximum absolute atomic E-state index is 12.4. The van der Waals surface area contributed by atoms with Crippen molar-refractivity contribution in [2.75, 3.05) is 7.11 Å². The molecule has 0 aromatic heterocycles. The monoisotopic (exact) mass is 379 g/mol. The number of amides is 2. The number of hydrazone groups is 1. The van der Waals surface area contributed by atoms with E-state index in [1.165, 1.54) is 12.1 Å². The smallest absolute Gasteiger partial charge is 0.337 e. The summed E-state index contributed by atoms with van der Waals surface area (Å²) in [5, 5.41) is 8.40. The number of carbonyl (C=O) groups is 3. The lowest BCUT2D eigenvalue weighted by molar-refractivity contribution is -0.132. The van der Waals surface area contributed by atoms with Gasteiger partial charge in [-0.1, -0.05) is 42.5 Å². The molecule has 3 rings (SSSR count). The fourth-order valence-corrected chi connectivity index (χ4v) is 2.81. The molecule has 0 saturated heterocycles. The molecule has 0 aliphatic carbocycles. The topological polar surface area (TPSA) is 88.1 Å². The molecule has 0 unspecified atom stereocenters. The number of ether oxygens (including phenoxy) is 1. The normalized spacial score (nSPS) is 13.7. The highest BCUT2D eigenvalue weighted by Gasteiger charge is 2.24. The second kappa shape index (κ2) is 8.94. The number of carbonyl (C=O) groups excluding carboxylic acids is 3. The van der Waals surface area contributed by atoms with Crippen LogP contribution in [0.5, 0.6) is 0 Å². The van der Waals surface area contributed by atoms with E-state index in [0.717, 1.165) is 11.1 Å². The van der Waals surface area contributed by atoms with E-state index >= 15 is 0 Å². The predicted octanol–water partition coefficient (Wildman–Crippen LogP) is 2.27. The van der Waals surface area contributed by atoms with Crippen LogP contribution in [-0.4, -0.2) is 35.6 Å². The van der Waals surface area contributed by atoms with Gasteiger partial charge in [0.2, 0.25) is 5.91 Å². The Morgan fingerprint density at radius 2 is 1.75 bits per heavy atom. The summed E-state index contributed by atoms with van der Waals surface area (Å²) in [6, 6.07) is 16.3. The molecule has 7 nitrogen and oxygen atoms in total. The zero-order valence-electron chi connectivity index (χ0n) is 15.6. The molecule has 7 heteroatoms. The molecule has 1 aliphatic rings. The summed E-state index contributed by atoms with van der Waals surface area (Å²) < 4.78 is 4.66. The van der Waals surface area contributed by atoms with Gasteiger partial charge in [0, 0.05) is 19.4 Å². The van der Waals surface area contributed by atoms with Crippen LogP contribution < -0.4 is 5.32 Å². The van der Waals surface area contributed by atoms with Crippen LogP contribution in [-0.2, 0) is 27.4 Å². The quantitative estimate of drug-likeness (QED) is 0.780. The highest BCUT2D eigenvalue weighted by Crippen LogP contribution is 2.14. The average molecular weight is 379 g/mol. The molecular weight excluding hydrogens is 358 g/mol. The molecule has 28 heavy (non-hydrogen) atoms. The first-order chi connectivity index (χ1) is 13.6. The van der Waals surface area contributed by atoms with Crippen molar-refractivity contribution >= 4 is 23.5 Å². The Bertz CT molecular complexity index is 892. The van der Waals surface area contributed by atoms with Crippen LogP contribution in [0.2, 0.25) is 0 Å². The number of benzene rings is 2. The molecule has 2 aromatic rings. The lowest BCUT2D eigenvalue weighted by Crippen LogP contribution is -2.38. The first-order valence-corrected chi connectivity index (χ1v) is 8.94. The minimum absolute atomic E-state index is 0.0983. The number of hydrogen-bond acceptors (Lipinski definition) is 5. The minimum atomic E-state index is -0.407. The highest BCUT2D eigenvalue weighted by atomic mass is 16.5. The van der Waals surface area contributed by atoms with Crippen molar-refractivity contribution in [2.24, 2.45) is 5.10 Å². The van der Waals surface area contributed by atoms with E-state index in [2.05, 4.69) is 15.2 Å². The summed E-state index contributed by atoms with van der Waals surface area (Å²) in [7, 11) is 1.33. The Hall–Kier alpha value is -3.48. The standard InChI is InChI=1S/C21H21N3O4/c1-28-21(27)17-9-7-15(8-10-17)13-22-20(26)18-11-12-19(25)24(23-18)14-16-5-3-2-4-6-16/h2-10H,11-14H2,1H3,(H,22,26). The van der Waals surface area contributed by atoms with Gasteiger partial charge < -0.3 is 10.1 Å². The zero-order chi connectivity index (χ0) is 19.9. The van der Waals surface area contributed by atoms with Gasteiger partial charge in [-0.15, -0.1) is 0 Å². The molecule has 2 amide bonds. The van der Waals surface area contributed by atoms with E-state index in [-0.39, 0.29) is 18.2 Å². The van der Waals surface area contributed by atoms with Gasteiger partial charge in [0.25, 0.3) is 5.91 Å². The maximum Gasteiger partial charge on any atom is 0.337 e. The second-order valence-electron chi connectivity index (χ2n) is 6.35. The van der Waals surface area contributed by atoms with Gasteiger partial charge in [-0.05, 0) is 23.3 Å². The van der Waals surface area contributed by atoms with E-state index in [1.807, 2.05) is 30.3 Å². The third kappa shape index (κ3) is 4.82. The van der Waals surface area contributed by atoms with Gasteiger partial charge in [-0.25, -0.2) is 9.80 Å². The molecule has 144 valence electrons. The lowest BCUT2D eigenvalue weighted by atomic mass is 10.1. The van der Waals surface area contributed by atoms with Crippen molar-refractivity contribution in [2.45, 2.75) is 25.9 Å². The molecule has 2 aromatic carbocycles. The van der Waals surface area contributed by atoms with Crippen LogP contribution in [0.4, 0.5) is 0 Å². The summed E-state index contributed by atoms with van der Waals surface area (Å²) in [4.78, 5) is 36.0. The lowest BCUT2D eigenvalue weighted by Gasteiger charge is -2.23. The van der Waals surface area contributed by atoms with E-state index in [0.29, 0.717) is 30.8 Å². The molecule has 0 bridgehead atoms. The summed E-state index contributed by atoms with van der Waals surface area (Å²) >= 11 is 0. The molecule has 1 aliphatic heterocycles. The van der Waals surface area contributed by atoms with Crippen LogP contribution in [0.1, 0.15) is 34.3 Å². The minimum Gasteiger partial charge on any atom is -0.465 e. The molecular formula is C21H21N3O4. The third-order valence-electron chi connectivity index (χ3n) is 4.37. The van der Waals surface area contributed by atoms with Crippen molar-refractivity contribution in [1.82, 2.24) is 10.3 Å². The number of rotatable bonds is 6. The molecule has 1 heterocycles. The summed E-state index contributed by atoms with van der Waals surface area (Å²) in [5.41, 5.74) is 2.58. The van der Waals surface area contributed by atoms with E-state index < -0.39 is 5.97 Å². The number of methoxy groups -OCH3 is 1. The van der Waals surface area contributed by atoms with Crippen LogP contribution in [0.3, 0.4) is 0 Å². The Labute approximate surface area is 163 Å². The van der Waals surface area contributed by atoms with Crippen LogP contribution in [0.15, 0.2) is 59.7 Å². The molecule has 0 radical (unpaired) electrons. The fraction of sp³-hybridized carbons (Fsp3) is 0.238. The fourth-order valence-electron chi connectivity index (χ4n) is 2.81. The van der Waals surface area contributed by atoms with Crippen LogP contribution in [0.25, 0.3) is 0 Å². The van der Waals surface area contributed by atoms with E-state index in [1.54, 1.807) is 24.3 Å². The largest absolute Gasteiger partial charge is 0.465 e. The Morgan fingerprint density at radius 1 is 1.04 bits per heavy atom. The van der Waals surface area contributed by atoms with Gasteiger partial charge >= 0.3 is 5.97 Å².